The lowest BCUT2D eigenvalue weighted by Crippen LogP contribution is -2.45. The molecule has 5 rings (SSSR count). The van der Waals surface area contributed by atoms with Gasteiger partial charge in [-0.2, -0.15) is 0 Å². The van der Waals surface area contributed by atoms with E-state index in [4.69, 9.17) is 14.7 Å². The number of hydrogen-bond donors (Lipinski definition) is 1. The van der Waals surface area contributed by atoms with Gasteiger partial charge >= 0.3 is 0 Å². The number of hydrogen-bond acceptors (Lipinski definition) is 8. The molecule has 1 N–H and O–H groups in total. The highest BCUT2D eigenvalue weighted by Crippen LogP contribution is 2.30. The van der Waals surface area contributed by atoms with Crippen molar-refractivity contribution >= 4 is 32.5 Å². The first kappa shape index (κ1) is 29.4. The summed E-state index contributed by atoms with van der Waals surface area (Å²) in [5.41, 5.74) is 0.673. The van der Waals surface area contributed by atoms with Gasteiger partial charge in [-0.05, 0) is 56.3 Å². The first-order chi connectivity index (χ1) is 19.9. The van der Waals surface area contributed by atoms with Crippen molar-refractivity contribution in [3.8, 4) is 11.4 Å². The standard InChI is InChI=1S/C29H28F3N5O4S/c1-16-14-37(15-17(2)41-16)26-6-4-5-22(36-26)23-8-7-18-12-33-20(11-24(18)35-23)13-34-29(38)19-9-21(30)27(28(31)32)25(10-19)42(3,39)40/h4-12,16-17,28H,13-15H2,1-3H3,(H,34,38)/t16-,17+. The van der Waals surface area contributed by atoms with Gasteiger partial charge < -0.3 is 15.0 Å². The zero-order valence-corrected chi connectivity index (χ0v) is 23.8. The van der Waals surface area contributed by atoms with Gasteiger partial charge in [0.2, 0.25) is 0 Å². The van der Waals surface area contributed by atoms with Crippen molar-refractivity contribution in [1.82, 2.24) is 20.3 Å². The van der Waals surface area contributed by atoms with Crippen LogP contribution >= 0.6 is 0 Å². The number of nitrogens with zero attached hydrogens (tertiary/aromatic N) is 4. The number of sulfone groups is 1. The van der Waals surface area contributed by atoms with Crippen molar-refractivity contribution < 1.29 is 31.1 Å². The Balaban J connectivity index is 1.36. The molecule has 9 nitrogen and oxygen atoms in total. The SMILES string of the molecule is C[C@@H]1CN(c2cccc(-c3ccc4cnc(CNC(=O)c5cc(F)c(C(F)F)c(S(C)(=O)=O)c5)cc4n3)n2)C[C@H](C)O1. The van der Waals surface area contributed by atoms with E-state index in [1.54, 1.807) is 12.3 Å². The van der Waals surface area contributed by atoms with Crippen LogP contribution in [0.25, 0.3) is 22.3 Å². The number of carbonyl (C=O) groups is 1. The van der Waals surface area contributed by atoms with E-state index in [2.05, 4.69) is 15.2 Å². The summed E-state index contributed by atoms with van der Waals surface area (Å²) < 4.78 is 70.7. The average Bonchev–Trinajstić information content (AvgIpc) is 2.94. The maximum absolute atomic E-state index is 14.4. The first-order valence-electron chi connectivity index (χ1n) is 13.1. The van der Waals surface area contributed by atoms with Gasteiger partial charge in [-0.15, -0.1) is 0 Å². The minimum absolute atomic E-state index is 0.0853. The van der Waals surface area contributed by atoms with Crippen LogP contribution < -0.4 is 10.2 Å². The lowest BCUT2D eigenvalue weighted by atomic mass is 10.1. The van der Waals surface area contributed by atoms with E-state index in [1.807, 2.05) is 44.2 Å². The number of alkyl halides is 2. The Morgan fingerprint density at radius 2 is 1.79 bits per heavy atom. The Labute approximate surface area is 240 Å². The molecule has 42 heavy (non-hydrogen) atoms. The van der Waals surface area contributed by atoms with Crippen LogP contribution in [0.1, 0.15) is 41.9 Å². The molecule has 0 spiro atoms. The van der Waals surface area contributed by atoms with Crippen LogP contribution in [0.2, 0.25) is 0 Å². The number of pyridine rings is 3. The summed E-state index contributed by atoms with van der Waals surface area (Å²) in [6.07, 6.45) is -0.933. The number of morpholine rings is 1. The van der Waals surface area contributed by atoms with E-state index in [-0.39, 0.29) is 18.8 Å². The summed E-state index contributed by atoms with van der Waals surface area (Å²) in [5.74, 6) is -1.50. The monoisotopic (exact) mass is 599 g/mol. The highest BCUT2D eigenvalue weighted by Gasteiger charge is 2.27. The van der Waals surface area contributed by atoms with Gasteiger partial charge in [0.1, 0.15) is 11.6 Å². The van der Waals surface area contributed by atoms with Crippen molar-refractivity contribution in [2.45, 2.75) is 43.9 Å². The molecule has 13 heteroatoms. The number of halogens is 3. The summed E-state index contributed by atoms with van der Waals surface area (Å²) >= 11 is 0. The van der Waals surface area contributed by atoms with Crippen molar-refractivity contribution in [3.63, 3.8) is 0 Å². The molecule has 0 unspecified atom stereocenters. The maximum atomic E-state index is 14.4. The van der Waals surface area contributed by atoms with Crippen LogP contribution in [-0.4, -0.2) is 60.8 Å². The van der Waals surface area contributed by atoms with Crippen LogP contribution in [0.3, 0.4) is 0 Å². The quantitative estimate of drug-likeness (QED) is 0.325. The van der Waals surface area contributed by atoms with E-state index in [9.17, 15) is 26.4 Å². The number of benzene rings is 1. The topological polar surface area (TPSA) is 114 Å². The van der Waals surface area contributed by atoms with Gasteiger partial charge in [0.25, 0.3) is 12.3 Å². The van der Waals surface area contributed by atoms with Crippen LogP contribution in [0.15, 0.2) is 59.6 Å². The normalized spacial score (nSPS) is 17.5. The predicted molar refractivity (Wildman–Crippen MR) is 151 cm³/mol. The van der Waals surface area contributed by atoms with E-state index in [0.717, 1.165) is 30.4 Å². The number of rotatable bonds is 7. The van der Waals surface area contributed by atoms with E-state index >= 15 is 0 Å². The van der Waals surface area contributed by atoms with Crippen LogP contribution in [0, 0.1) is 5.82 Å². The molecule has 220 valence electrons. The Morgan fingerprint density at radius 1 is 1.07 bits per heavy atom. The summed E-state index contributed by atoms with van der Waals surface area (Å²) in [5, 5.41) is 3.28. The number of aromatic nitrogens is 3. The largest absolute Gasteiger partial charge is 0.372 e. The second-order valence-electron chi connectivity index (χ2n) is 10.2. The molecular formula is C29H28F3N5O4S. The summed E-state index contributed by atoms with van der Waals surface area (Å²) in [4.78, 5) is 27.8. The summed E-state index contributed by atoms with van der Waals surface area (Å²) in [6, 6.07) is 12.5. The number of carbonyl (C=O) groups excluding carboxylic acids is 1. The second-order valence-corrected chi connectivity index (χ2v) is 12.2. The molecule has 4 aromatic rings. The molecule has 1 aromatic carbocycles. The molecule has 1 aliphatic rings. The molecule has 4 heterocycles. The number of nitrogens with one attached hydrogen (secondary N) is 1. The van der Waals surface area contributed by atoms with Gasteiger partial charge in [-0.3, -0.25) is 9.78 Å². The first-order valence-corrected chi connectivity index (χ1v) is 15.0. The number of ether oxygens (including phenoxy) is 1. The van der Waals surface area contributed by atoms with Crippen molar-refractivity contribution in [1.29, 1.82) is 0 Å². The fourth-order valence-corrected chi connectivity index (χ4v) is 5.85. The predicted octanol–water partition coefficient (Wildman–Crippen LogP) is 4.72. The highest BCUT2D eigenvalue weighted by atomic mass is 32.2. The van der Waals surface area contributed by atoms with Gasteiger partial charge in [-0.1, -0.05) is 6.07 Å². The number of amides is 1. The minimum Gasteiger partial charge on any atom is -0.372 e. The minimum atomic E-state index is -4.22. The molecule has 1 fully saturated rings. The Morgan fingerprint density at radius 3 is 2.48 bits per heavy atom. The zero-order chi connectivity index (χ0) is 30.2. The third kappa shape index (κ3) is 6.36. The third-order valence-corrected chi connectivity index (χ3v) is 7.91. The van der Waals surface area contributed by atoms with E-state index < -0.39 is 44.0 Å². The van der Waals surface area contributed by atoms with Crippen molar-refractivity contribution in [2.24, 2.45) is 0 Å². The molecular weight excluding hydrogens is 571 g/mol. The third-order valence-electron chi connectivity index (χ3n) is 6.77. The van der Waals surface area contributed by atoms with E-state index in [0.29, 0.717) is 34.9 Å². The Bertz CT molecular complexity index is 1760. The summed E-state index contributed by atoms with van der Waals surface area (Å²) in [7, 11) is -4.22. The van der Waals surface area contributed by atoms with Crippen molar-refractivity contribution in [3.05, 3.63) is 77.4 Å². The Kier molecular flexibility index (Phi) is 8.15. The fraction of sp³-hybridized carbons (Fsp3) is 0.310. The zero-order valence-electron chi connectivity index (χ0n) is 23.0. The van der Waals surface area contributed by atoms with Crippen LogP contribution in [-0.2, 0) is 21.1 Å². The van der Waals surface area contributed by atoms with Gasteiger partial charge in [0.05, 0.1) is 51.8 Å². The molecule has 1 saturated heterocycles. The molecule has 3 aromatic heterocycles. The van der Waals surface area contributed by atoms with Gasteiger partial charge in [0.15, 0.2) is 9.84 Å². The smallest absolute Gasteiger partial charge is 0.267 e. The summed E-state index contributed by atoms with van der Waals surface area (Å²) in [6.45, 7) is 5.41. The Hall–Kier alpha value is -4.10. The van der Waals surface area contributed by atoms with E-state index in [1.165, 1.54) is 0 Å². The maximum Gasteiger partial charge on any atom is 0.267 e. The molecule has 0 radical (unpaired) electrons. The molecule has 1 amide bonds. The molecule has 0 aliphatic carbocycles. The average molecular weight is 600 g/mol. The number of fused-ring (bicyclic) bond motifs is 1. The van der Waals surface area contributed by atoms with Crippen LogP contribution in [0.4, 0.5) is 19.0 Å². The lowest BCUT2D eigenvalue weighted by Gasteiger charge is -2.36. The second kappa shape index (κ2) is 11.6. The number of anilines is 1. The van der Waals surface area contributed by atoms with Crippen molar-refractivity contribution in [2.75, 3.05) is 24.2 Å². The van der Waals surface area contributed by atoms with Gasteiger partial charge in [0, 0.05) is 36.5 Å². The van der Waals surface area contributed by atoms with Gasteiger partial charge in [-0.25, -0.2) is 31.6 Å². The van der Waals surface area contributed by atoms with Crippen LogP contribution in [0.5, 0.6) is 0 Å². The lowest BCUT2D eigenvalue weighted by molar-refractivity contribution is -0.00545. The molecule has 1 aliphatic heterocycles. The molecule has 2 atom stereocenters. The fourth-order valence-electron chi connectivity index (χ4n) is 4.92. The molecule has 0 saturated carbocycles. The highest BCUT2D eigenvalue weighted by molar-refractivity contribution is 7.90. The molecule has 0 bridgehead atoms.